The summed E-state index contributed by atoms with van der Waals surface area (Å²) in [7, 11) is 0. The highest BCUT2D eigenvalue weighted by Gasteiger charge is 2.16. The molecule has 0 saturated heterocycles. The molecule has 2 rings (SSSR count). The quantitative estimate of drug-likeness (QED) is 0.883. The first-order valence-corrected chi connectivity index (χ1v) is 6.84. The van der Waals surface area contributed by atoms with Crippen molar-refractivity contribution in [3.05, 3.63) is 29.6 Å². The number of hydrogen-bond donors (Lipinski definition) is 1. The molecule has 2 N–H and O–H groups in total. The van der Waals surface area contributed by atoms with Crippen molar-refractivity contribution >= 4 is 0 Å². The van der Waals surface area contributed by atoms with E-state index in [1.807, 2.05) is 6.92 Å². The van der Waals surface area contributed by atoms with E-state index in [0.717, 1.165) is 5.56 Å². The summed E-state index contributed by atoms with van der Waals surface area (Å²) in [6.07, 6.45) is 6.36. The van der Waals surface area contributed by atoms with Gasteiger partial charge in [-0.25, -0.2) is 4.39 Å². The summed E-state index contributed by atoms with van der Waals surface area (Å²) in [6, 6.07) is 4.47. The van der Waals surface area contributed by atoms with E-state index < -0.39 is 0 Å². The molecule has 18 heavy (non-hydrogen) atoms. The van der Waals surface area contributed by atoms with Gasteiger partial charge >= 0.3 is 0 Å². The standard InChI is InChI=1S/C15H22FNO/c1-11(17)14-8-7-13(16)9-15(14)18-10-12-5-3-2-4-6-12/h7-9,11-12H,2-6,10,17H2,1H3/t11-/m1/s1. The third kappa shape index (κ3) is 3.45. The maximum atomic E-state index is 13.3. The molecule has 0 spiro atoms. The van der Waals surface area contributed by atoms with E-state index in [9.17, 15) is 4.39 Å². The lowest BCUT2D eigenvalue weighted by molar-refractivity contribution is 0.206. The third-order valence-electron chi connectivity index (χ3n) is 3.67. The van der Waals surface area contributed by atoms with E-state index in [0.29, 0.717) is 18.3 Å². The number of rotatable bonds is 4. The van der Waals surface area contributed by atoms with Crippen molar-refractivity contribution in [1.82, 2.24) is 0 Å². The van der Waals surface area contributed by atoms with Crippen LogP contribution in [0.25, 0.3) is 0 Å². The Morgan fingerprint density at radius 3 is 2.72 bits per heavy atom. The Hall–Kier alpha value is -1.09. The fourth-order valence-corrected chi connectivity index (χ4v) is 2.57. The second kappa shape index (κ2) is 6.19. The van der Waals surface area contributed by atoms with Crippen LogP contribution in [0.3, 0.4) is 0 Å². The van der Waals surface area contributed by atoms with Crippen LogP contribution in [0.1, 0.15) is 50.6 Å². The molecule has 0 radical (unpaired) electrons. The summed E-state index contributed by atoms with van der Waals surface area (Å²) in [6.45, 7) is 2.57. The van der Waals surface area contributed by atoms with E-state index in [4.69, 9.17) is 10.5 Å². The Morgan fingerprint density at radius 2 is 2.06 bits per heavy atom. The Balaban J connectivity index is 2.00. The van der Waals surface area contributed by atoms with Crippen LogP contribution < -0.4 is 10.5 Å². The number of hydrogen-bond acceptors (Lipinski definition) is 2. The molecular formula is C15H22FNO. The Morgan fingerprint density at radius 1 is 1.33 bits per heavy atom. The lowest BCUT2D eigenvalue weighted by Crippen LogP contribution is -2.17. The fourth-order valence-electron chi connectivity index (χ4n) is 2.57. The van der Waals surface area contributed by atoms with E-state index in [-0.39, 0.29) is 11.9 Å². The second-order valence-corrected chi connectivity index (χ2v) is 5.29. The number of ether oxygens (including phenoxy) is 1. The summed E-state index contributed by atoms with van der Waals surface area (Å²) < 4.78 is 19.1. The molecule has 0 unspecified atom stereocenters. The number of halogens is 1. The van der Waals surface area contributed by atoms with Crippen molar-refractivity contribution in [2.75, 3.05) is 6.61 Å². The maximum absolute atomic E-state index is 13.3. The zero-order chi connectivity index (χ0) is 13.0. The van der Waals surface area contributed by atoms with Crippen LogP contribution in [-0.4, -0.2) is 6.61 Å². The first-order valence-electron chi connectivity index (χ1n) is 6.84. The highest BCUT2D eigenvalue weighted by atomic mass is 19.1. The molecule has 0 aromatic heterocycles. The summed E-state index contributed by atoms with van der Waals surface area (Å²) in [5.74, 6) is 0.955. The van der Waals surface area contributed by atoms with Gasteiger partial charge in [0.15, 0.2) is 0 Å². The largest absolute Gasteiger partial charge is 0.493 e. The molecular weight excluding hydrogens is 229 g/mol. The average molecular weight is 251 g/mol. The van der Waals surface area contributed by atoms with E-state index in [1.165, 1.54) is 44.2 Å². The van der Waals surface area contributed by atoms with Gasteiger partial charge in [0.1, 0.15) is 11.6 Å². The molecule has 2 nitrogen and oxygen atoms in total. The highest BCUT2D eigenvalue weighted by Crippen LogP contribution is 2.28. The van der Waals surface area contributed by atoms with Crippen LogP contribution in [-0.2, 0) is 0 Å². The lowest BCUT2D eigenvalue weighted by atomic mass is 9.90. The molecule has 100 valence electrons. The summed E-state index contributed by atoms with van der Waals surface area (Å²) in [5.41, 5.74) is 6.75. The zero-order valence-corrected chi connectivity index (χ0v) is 11.0. The van der Waals surface area contributed by atoms with Gasteiger partial charge in [0, 0.05) is 17.7 Å². The molecule has 1 fully saturated rings. The molecule has 1 aliphatic carbocycles. The van der Waals surface area contributed by atoms with Crippen molar-refractivity contribution in [1.29, 1.82) is 0 Å². The predicted molar refractivity (Wildman–Crippen MR) is 71.1 cm³/mol. The SMILES string of the molecule is C[C@@H](N)c1ccc(F)cc1OCC1CCCCC1. The minimum Gasteiger partial charge on any atom is -0.493 e. The van der Waals surface area contributed by atoms with Crippen molar-refractivity contribution in [2.24, 2.45) is 11.7 Å². The van der Waals surface area contributed by atoms with Gasteiger partial charge < -0.3 is 10.5 Å². The van der Waals surface area contributed by atoms with Crippen LogP contribution in [0, 0.1) is 11.7 Å². The van der Waals surface area contributed by atoms with Crippen LogP contribution in [0.2, 0.25) is 0 Å². The summed E-state index contributed by atoms with van der Waals surface area (Å²) in [5, 5.41) is 0. The van der Waals surface area contributed by atoms with Crippen molar-refractivity contribution < 1.29 is 9.13 Å². The molecule has 0 amide bonds. The zero-order valence-electron chi connectivity index (χ0n) is 11.0. The van der Waals surface area contributed by atoms with Gasteiger partial charge in [-0.15, -0.1) is 0 Å². The molecule has 1 aromatic rings. The highest BCUT2D eigenvalue weighted by molar-refractivity contribution is 5.36. The number of benzene rings is 1. The van der Waals surface area contributed by atoms with Crippen LogP contribution in [0.15, 0.2) is 18.2 Å². The summed E-state index contributed by atoms with van der Waals surface area (Å²) >= 11 is 0. The van der Waals surface area contributed by atoms with Gasteiger partial charge in [-0.3, -0.25) is 0 Å². The van der Waals surface area contributed by atoms with Gasteiger partial charge in [-0.2, -0.15) is 0 Å². The van der Waals surface area contributed by atoms with Gasteiger partial charge in [0.25, 0.3) is 0 Å². The minimum atomic E-state index is -0.266. The van der Waals surface area contributed by atoms with Crippen molar-refractivity contribution in [3.8, 4) is 5.75 Å². The van der Waals surface area contributed by atoms with Crippen molar-refractivity contribution in [3.63, 3.8) is 0 Å². The molecule has 0 heterocycles. The predicted octanol–water partition coefficient (Wildman–Crippen LogP) is 3.80. The van der Waals surface area contributed by atoms with Gasteiger partial charge in [0.2, 0.25) is 0 Å². The number of nitrogens with two attached hydrogens (primary N) is 1. The van der Waals surface area contributed by atoms with E-state index in [2.05, 4.69) is 0 Å². The first kappa shape index (κ1) is 13.3. The Kier molecular flexibility index (Phi) is 4.59. The fraction of sp³-hybridized carbons (Fsp3) is 0.600. The first-order chi connectivity index (χ1) is 8.66. The molecule has 0 bridgehead atoms. The topological polar surface area (TPSA) is 35.2 Å². The van der Waals surface area contributed by atoms with Crippen LogP contribution >= 0.6 is 0 Å². The normalized spacial score (nSPS) is 18.6. The van der Waals surface area contributed by atoms with Crippen LogP contribution in [0.4, 0.5) is 4.39 Å². The minimum absolute atomic E-state index is 0.132. The molecule has 3 heteroatoms. The smallest absolute Gasteiger partial charge is 0.126 e. The molecule has 1 aliphatic rings. The van der Waals surface area contributed by atoms with Gasteiger partial charge in [0.05, 0.1) is 6.61 Å². The second-order valence-electron chi connectivity index (χ2n) is 5.29. The lowest BCUT2D eigenvalue weighted by Gasteiger charge is -2.23. The monoisotopic (exact) mass is 251 g/mol. The van der Waals surface area contributed by atoms with Gasteiger partial charge in [-0.1, -0.05) is 25.3 Å². The van der Waals surface area contributed by atoms with Crippen molar-refractivity contribution in [2.45, 2.75) is 45.1 Å². The molecule has 1 aromatic carbocycles. The maximum Gasteiger partial charge on any atom is 0.126 e. The van der Waals surface area contributed by atoms with E-state index >= 15 is 0 Å². The molecule has 1 atom stereocenters. The van der Waals surface area contributed by atoms with E-state index in [1.54, 1.807) is 6.07 Å². The third-order valence-corrected chi connectivity index (χ3v) is 3.67. The summed E-state index contributed by atoms with van der Waals surface area (Å²) in [4.78, 5) is 0. The Labute approximate surface area is 108 Å². The molecule has 1 saturated carbocycles. The van der Waals surface area contributed by atoms with Crippen LogP contribution in [0.5, 0.6) is 5.75 Å². The average Bonchev–Trinajstić information content (AvgIpc) is 2.37. The van der Waals surface area contributed by atoms with Gasteiger partial charge in [-0.05, 0) is 31.7 Å². The molecule has 0 aliphatic heterocycles. The Bertz CT molecular complexity index is 386.